The molecule has 0 atom stereocenters. The summed E-state index contributed by atoms with van der Waals surface area (Å²) in [4.78, 5) is 0. The summed E-state index contributed by atoms with van der Waals surface area (Å²) in [6, 6.07) is 0. The van der Waals surface area contributed by atoms with Crippen molar-refractivity contribution in [3.05, 3.63) is 0 Å². The van der Waals surface area contributed by atoms with Gasteiger partial charge in [0.05, 0.1) is 0 Å². The van der Waals surface area contributed by atoms with Crippen LogP contribution >= 0.6 is 0 Å². The van der Waals surface area contributed by atoms with Crippen LogP contribution in [0.25, 0.3) is 0 Å². The molecule has 0 aliphatic heterocycles. The third kappa shape index (κ3) is 148. The van der Waals surface area contributed by atoms with E-state index >= 15 is 0 Å². The molecule has 0 heterocycles. The van der Waals surface area contributed by atoms with E-state index in [9.17, 15) is 0 Å². The SMILES string of the molecule is O=S(O)O.O=S(O)O.[KH].[MgH2]. The van der Waals surface area contributed by atoms with Gasteiger partial charge < -0.3 is 0 Å². The molecule has 0 fully saturated rings. The Kier molecular flexibility index (Phi) is 40.3. The molecule has 0 bridgehead atoms. The first-order valence-corrected chi connectivity index (χ1v) is 3.19. The van der Waals surface area contributed by atoms with Crippen LogP contribution < -0.4 is 0 Å². The predicted molar refractivity (Wildman–Crippen MR) is 42.5 cm³/mol. The first-order valence-electron chi connectivity index (χ1n) is 1.06. The van der Waals surface area contributed by atoms with Gasteiger partial charge in [-0.15, -0.1) is 0 Å². The second-order valence-electron chi connectivity index (χ2n) is 0.461. The average molecular weight is 231 g/mol. The van der Waals surface area contributed by atoms with Gasteiger partial charge in [0.15, 0.2) is 0 Å². The van der Waals surface area contributed by atoms with E-state index in [0.29, 0.717) is 0 Å². The van der Waals surface area contributed by atoms with E-state index in [1.165, 1.54) is 0 Å². The Morgan fingerprint density at radius 3 is 0.800 bits per heavy atom. The second-order valence-corrected chi connectivity index (χ2v) is 1.38. The van der Waals surface area contributed by atoms with E-state index in [1.54, 1.807) is 0 Å². The van der Waals surface area contributed by atoms with Crippen molar-refractivity contribution in [1.29, 1.82) is 0 Å². The number of hydrogen-bond acceptors (Lipinski definition) is 2. The van der Waals surface area contributed by atoms with Crippen molar-refractivity contribution in [2.45, 2.75) is 0 Å². The number of rotatable bonds is 0. The van der Waals surface area contributed by atoms with Crippen LogP contribution in [0, 0.1) is 0 Å². The van der Waals surface area contributed by atoms with E-state index in [1.807, 2.05) is 0 Å². The van der Waals surface area contributed by atoms with Crippen LogP contribution in [0.4, 0.5) is 0 Å². The Hall–Kier alpha value is 2.54. The van der Waals surface area contributed by atoms with E-state index in [4.69, 9.17) is 26.6 Å². The van der Waals surface area contributed by atoms with Gasteiger partial charge in [-0.25, -0.2) is 0 Å². The van der Waals surface area contributed by atoms with E-state index in [0.717, 1.165) is 0 Å². The van der Waals surface area contributed by atoms with Crippen molar-refractivity contribution in [3.63, 3.8) is 0 Å². The molecule has 10 heteroatoms. The molecule has 0 saturated heterocycles. The van der Waals surface area contributed by atoms with E-state index in [-0.39, 0.29) is 74.4 Å². The van der Waals surface area contributed by atoms with Crippen LogP contribution in [0.1, 0.15) is 0 Å². The van der Waals surface area contributed by atoms with Crippen LogP contribution in [0.15, 0.2) is 0 Å². The maximum absolute atomic E-state index is 8.67. The smallest absolute Gasteiger partial charge is 0.316 e. The van der Waals surface area contributed by atoms with Gasteiger partial charge in [-0.2, -0.15) is 8.42 Å². The summed E-state index contributed by atoms with van der Waals surface area (Å²) < 4.78 is 45.7. The molecule has 58 valence electrons. The summed E-state index contributed by atoms with van der Waals surface area (Å²) in [7, 11) is 0. The molecule has 0 radical (unpaired) electrons. The molecule has 0 aromatic rings. The molecule has 0 aromatic carbocycles. The minimum Gasteiger partial charge on any atom is 0.316 e. The fourth-order valence-corrected chi connectivity index (χ4v) is 0. The fourth-order valence-electron chi connectivity index (χ4n) is 0. The van der Waals surface area contributed by atoms with Crippen LogP contribution in [-0.4, -0.2) is 101 Å². The van der Waals surface area contributed by atoms with Gasteiger partial charge in [0, 0.05) is 0 Å². The summed E-state index contributed by atoms with van der Waals surface area (Å²) in [5, 5.41) is 0. The Balaban J connectivity index is -0.0000000300. The molecule has 0 aromatic heterocycles. The zero-order valence-electron chi connectivity index (χ0n) is 3.42. The average Bonchev–Trinajstić information content (AvgIpc) is 1.25. The third-order valence-electron chi connectivity index (χ3n) is 0. The van der Waals surface area contributed by atoms with Gasteiger partial charge in [-0.05, 0) is 0 Å². The van der Waals surface area contributed by atoms with Crippen molar-refractivity contribution in [2.75, 3.05) is 0 Å². The largest absolute Gasteiger partial charge is 0.316 e. The topological polar surface area (TPSA) is 115 Å². The maximum atomic E-state index is 8.67. The van der Waals surface area contributed by atoms with E-state index < -0.39 is 22.7 Å². The standard InChI is InChI=1S/K.Mg.2H2O3S.3H/c;;2*1-4(2)3;;;/h;;2*(H2,1,2,3);;;. The number of hydrogen-bond donors (Lipinski definition) is 4. The Morgan fingerprint density at radius 2 is 0.800 bits per heavy atom. The zero-order chi connectivity index (χ0) is 7.15. The molecule has 4 N–H and O–H groups in total. The van der Waals surface area contributed by atoms with Crippen molar-refractivity contribution < 1.29 is 26.6 Å². The van der Waals surface area contributed by atoms with Crippen LogP contribution in [0.2, 0.25) is 0 Å². The second kappa shape index (κ2) is 17.6. The minimum atomic E-state index is -2.61. The van der Waals surface area contributed by atoms with Gasteiger partial charge in [-0.1, -0.05) is 0 Å². The molecule has 0 saturated carbocycles. The van der Waals surface area contributed by atoms with Crippen molar-refractivity contribution in [2.24, 2.45) is 0 Å². The molecule has 10 heavy (non-hydrogen) atoms. The molecule has 0 spiro atoms. The molecule has 0 rings (SSSR count). The Labute approximate surface area is 121 Å². The third-order valence-corrected chi connectivity index (χ3v) is 0. The van der Waals surface area contributed by atoms with Gasteiger partial charge in [0.25, 0.3) is 22.7 Å². The molecular weight excluding hydrogens is 224 g/mol. The zero-order valence-corrected chi connectivity index (χ0v) is 5.05. The normalized spacial score (nSPS) is 7.00. The van der Waals surface area contributed by atoms with Crippen molar-refractivity contribution in [3.8, 4) is 0 Å². The van der Waals surface area contributed by atoms with Crippen molar-refractivity contribution in [1.82, 2.24) is 0 Å². The van der Waals surface area contributed by atoms with Gasteiger partial charge in [0.2, 0.25) is 0 Å². The maximum Gasteiger partial charge on any atom is 0.316 e. The first kappa shape index (κ1) is 22.9. The first-order chi connectivity index (χ1) is 3.46. The molecule has 6 nitrogen and oxygen atoms in total. The summed E-state index contributed by atoms with van der Waals surface area (Å²) in [5.74, 6) is 0. The summed E-state index contributed by atoms with van der Waals surface area (Å²) in [6.45, 7) is 0. The van der Waals surface area contributed by atoms with Gasteiger partial charge in [0.1, 0.15) is 0 Å². The molecule has 0 aliphatic carbocycles. The predicted octanol–water partition coefficient (Wildman–Crippen LogP) is -2.20. The summed E-state index contributed by atoms with van der Waals surface area (Å²) in [6.07, 6.45) is 0. The van der Waals surface area contributed by atoms with E-state index in [2.05, 4.69) is 0 Å². The minimum absolute atomic E-state index is 0. The van der Waals surface area contributed by atoms with Crippen LogP contribution in [-0.2, 0) is 22.7 Å². The molecule has 0 unspecified atom stereocenters. The molecular formula is H7KMgO6S2. The monoisotopic (exact) mass is 230 g/mol. The Morgan fingerprint density at radius 1 is 0.800 bits per heavy atom. The summed E-state index contributed by atoms with van der Waals surface area (Å²) in [5.41, 5.74) is 0. The van der Waals surface area contributed by atoms with Gasteiger partial charge in [-0.3, -0.25) is 18.2 Å². The fraction of sp³-hybridized carbons (Fsp3) is 0. The summed E-state index contributed by atoms with van der Waals surface area (Å²) >= 11 is -5.22. The van der Waals surface area contributed by atoms with Gasteiger partial charge >= 0.3 is 74.4 Å². The van der Waals surface area contributed by atoms with Crippen molar-refractivity contribution >= 4 is 97.2 Å². The molecule has 0 amide bonds. The van der Waals surface area contributed by atoms with Crippen LogP contribution in [0.3, 0.4) is 0 Å². The molecule has 0 aliphatic rings. The Bertz CT molecular complexity index is 73.7. The van der Waals surface area contributed by atoms with Crippen LogP contribution in [0.5, 0.6) is 0 Å². The quantitative estimate of drug-likeness (QED) is 0.277.